The van der Waals surface area contributed by atoms with E-state index in [4.69, 9.17) is 10.2 Å². The molecule has 0 saturated heterocycles. The van der Waals surface area contributed by atoms with E-state index in [9.17, 15) is 27.5 Å². The number of ether oxygens (including phenoxy) is 1. The highest BCUT2D eigenvalue weighted by atomic mass is 19.3. The van der Waals surface area contributed by atoms with Crippen LogP contribution in [0, 0.1) is 0 Å². The Kier molecular flexibility index (Phi) is 4.90. The van der Waals surface area contributed by atoms with E-state index in [1.165, 1.54) is 0 Å². The number of aliphatic carboxylic acids is 1. The van der Waals surface area contributed by atoms with Crippen molar-refractivity contribution < 1.29 is 42.4 Å². The highest BCUT2D eigenvalue weighted by molar-refractivity contribution is 5.73. The average molecular weight is 298 g/mol. The molecule has 0 aromatic heterocycles. The number of carboxylic acid groups (broad SMARTS) is 1. The van der Waals surface area contributed by atoms with Gasteiger partial charge in [-0.1, -0.05) is 12.1 Å². The Morgan fingerprint density at radius 1 is 1.25 bits per heavy atom. The summed E-state index contributed by atoms with van der Waals surface area (Å²) >= 11 is 0. The van der Waals surface area contributed by atoms with E-state index in [-0.39, 0.29) is 5.56 Å². The lowest BCUT2D eigenvalue weighted by atomic mass is 10.0. The second-order valence-corrected chi connectivity index (χ2v) is 3.76. The fourth-order valence-electron chi connectivity index (χ4n) is 1.28. The van der Waals surface area contributed by atoms with Crippen LogP contribution in [-0.2, 0) is 4.79 Å². The van der Waals surface area contributed by atoms with Gasteiger partial charge < -0.3 is 20.1 Å². The van der Waals surface area contributed by atoms with Gasteiger partial charge in [-0.25, -0.2) is 4.79 Å². The van der Waals surface area contributed by atoms with E-state index in [2.05, 4.69) is 4.74 Å². The van der Waals surface area contributed by atoms with Gasteiger partial charge in [0.15, 0.2) is 6.10 Å². The van der Waals surface area contributed by atoms with Crippen molar-refractivity contribution in [2.75, 3.05) is 0 Å². The van der Waals surface area contributed by atoms with Gasteiger partial charge in [0.05, 0.1) is 0 Å². The highest BCUT2D eigenvalue weighted by Gasteiger charge is 2.44. The maximum absolute atomic E-state index is 12.7. The molecular weight excluding hydrogens is 288 g/mol. The van der Waals surface area contributed by atoms with E-state index in [0.717, 1.165) is 24.3 Å². The number of carboxylic acids is 1. The first kappa shape index (κ1) is 16.2. The summed E-state index contributed by atoms with van der Waals surface area (Å²) in [7, 11) is 0. The summed E-state index contributed by atoms with van der Waals surface area (Å²) in [5, 5.41) is 27.1. The summed E-state index contributed by atoms with van der Waals surface area (Å²) < 4.78 is 53.0. The second-order valence-electron chi connectivity index (χ2n) is 3.76. The monoisotopic (exact) mass is 298 g/mol. The Hall–Kier alpha value is -1.87. The van der Waals surface area contributed by atoms with Gasteiger partial charge in [-0.3, -0.25) is 0 Å². The van der Waals surface area contributed by atoms with Crippen LogP contribution in [0.4, 0.5) is 17.6 Å². The van der Waals surface area contributed by atoms with Crippen molar-refractivity contribution in [3.63, 3.8) is 0 Å². The Bertz CT molecular complexity index is 480. The van der Waals surface area contributed by atoms with E-state index in [1.807, 2.05) is 0 Å². The molecule has 0 fully saturated rings. The fraction of sp³-hybridized carbons (Fsp3) is 0.364. The summed E-state index contributed by atoms with van der Waals surface area (Å²) in [6.45, 7) is 0. The Balaban J connectivity index is 2.94. The average Bonchev–Trinajstić information content (AvgIpc) is 2.36. The molecule has 0 radical (unpaired) electrons. The van der Waals surface area contributed by atoms with Crippen LogP contribution in [-0.4, -0.2) is 39.9 Å². The Labute approximate surface area is 110 Å². The van der Waals surface area contributed by atoms with Crippen LogP contribution in [0.15, 0.2) is 24.3 Å². The normalized spacial score (nSPS) is 14.9. The first-order chi connectivity index (χ1) is 9.15. The third-order valence-electron chi connectivity index (χ3n) is 2.26. The first-order valence-electron chi connectivity index (χ1n) is 5.19. The third kappa shape index (κ3) is 3.81. The van der Waals surface area contributed by atoms with Crippen LogP contribution in [0.3, 0.4) is 0 Å². The molecule has 1 rings (SSSR count). The maximum Gasteiger partial charge on any atom is 0.461 e. The van der Waals surface area contributed by atoms with Gasteiger partial charge in [-0.05, 0) is 17.7 Å². The molecule has 0 saturated carbocycles. The standard InChI is InChI=1S/C11H10F4O5/c12-10(13)11(14,15)20-6-3-1-2-5(4-6)7(16)8(17)9(18)19/h1-4,7-8,10,16-17H,(H,18,19). The van der Waals surface area contributed by atoms with Crippen molar-refractivity contribution in [3.8, 4) is 5.75 Å². The number of alkyl halides is 4. The molecule has 0 aliphatic carbocycles. The van der Waals surface area contributed by atoms with Crippen molar-refractivity contribution in [2.45, 2.75) is 24.7 Å². The van der Waals surface area contributed by atoms with Crippen LogP contribution in [0.1, 0.15) is 11.7 Å². The minimum absolute atomic E-state index is 0.275. The lowest BCUT2D eigenvalue weighted by molar-refractivity contribution is -0.253. The van der Waals surface area contributed by atoms with Crippen molar-refractivity contribution in [1.82, 2.24) is 0 Å². The summed E-state index contributed by atoms with van der Waals surface area (Å²) in [6, 6.07) is 3.83. The number of hydrogen-bond donors (Lipinski definition) is 3. The van der Waals surface area contributed by atoms with E-state index >= 15 is 0 Å². The fourth-order valence-corrected chi connectivity index (χ4v) is 1.28. The molecular formula is C11H10F4O5. The highest BCUT2D eigenvalue weighted by Crippen LogP contribution is 2.29. The number of benzene rings is 1. The van der Waals surface area contributed by atoms with Gasteiger partial charge in [0.2, 0.25) is 0 Å². The molecule has 0 amide bonds. The number of rotatable bonds is 6. The number of carbonyl (C=O) groups is 1. The van der Waals surface area contributed by atoms with Crippen LogP contribution < -0.4 is 4.74 Å². The SMILES string of the molecule is O=C(O)C(O)C(O)c1cccc(OC(F)(F)C(F)F)c1. The maximum atomic E-state index is 12.7. The number of hydrogen-bond acceptors (Lipinski definition) is 4. The summed E-state index contributed by atoms with van der Waals surface area (Å²) in [6.07, 6.45) is -12.9. The predicted molar refractivity (Wildman–Crippen MR) is 56.6 cm³/mol. The van der Waals surface area contributed by atoms with Crippen molar-refractivity contribution in [3.05, 3.63) is 29.8 Å². The zero-order valence-corrected chi connectivity index (χ0v) is 9.71. The summed E-state index contributed by atoms with van der Waals surface area (Å²) in [5.74, 6) is -2.44. The molecule has 0 heterocycles. The third-order valence-corrected chi connectivity index (χ3v) is 2.26. The number of halogens is 4. The van der Waals surface area contributed by atoms with E-state index in [0.29, 0.717) is 0 Å². The molecule has 112 valence electrons. The van der Waals surface area contributed by atoms with Crippen molar-refractivity contribution in [2.24, 2.45) is 0 Å². The molecule has 5 nitrogen and oxygen atoms in total. The smallest absolute Gasteiger partial charge is 0.461 e. The van der Waals surface area contributed by atoms with E-state index in [1.54, 1.807) is 0 Å². The van der Waals surface area contributed by atoms with Crippen LogP contribution in [0.5, 0.6) is 5.75 Å². The van der Waals surface area contributed by atoms with Crippen LogP contribution in [0.2, 0.25) is 0 Å². The lowest BCUT2D eigenvalue weighted by Gasteiger charge is -2.19. The van der Waals surface area contributed by atoms with Gasteiger partial charge in [0.25, 0.3) is 0 Å². The first-order valence-corrected chi connectivity index (χ1v) is 5.19. The van der Waals surface area contributed by atoms with Crippen LogP contribution in [0.25, 0.3) is 0 Å². The summed E-state index contributed by atoms with van der Waals surface area (Å²) in [4.78, 5) is 10.5. The van der Waals surface area contributed by atoms with E-state index < -0.39 is 36.5 Å². The molecule has 3 N–H and O–H groups in total. The molecule has 0 spiro atoms. The number of aliphatic hydroxyl groups excluding tert-OH is 2. The van der Waals surface area contributed by atoms with Crippen molar-refractivity contribution >= 4 is 5.97 Å². The minimum atomic E-state index is -4.73. The Morgan fingerprint density at radius 2 is 1.85 bits per heavy atom. The summed E-state index contributed by atoms with van der Waals surface area (Å²) in [5.41, 5.74) is -0.275. The van der Waals surface area contributed by atoms with Gasteiger partial charge in [0.1, 0.15) is 11.9 Å². The van der Waals surface area contributed by atoms with Gasteiger partial charge in [0, 0.05) is 0 Å². The van der Waals surface area contributed by atoms with Gasteiger partial charge in [-0.15, -0.1) is 0 Å². The van der Waals surface area contributed by atoms with Gasteiger partial charge in [-0.2, -0.15) is 17.6 Å². The lowest BCUT2D eigenvalue weighted by Crippen LogP contribution is -2.33. The largest absolute Gasteiger partial charge is 0.479 e. The van der Waals surface area contributed by atoms with Crippen LogP contribution >= 0.6 is 0 Å². The molecule has 20 heavy (non-hydrogen) atoms. The second kappa shape index (κ2) is 6.06. The molecule has 1 aromatic rings. The van der Waals surface area contributed by atoms with Crippen molar-refractivity contribution in [1.29, 1.82) is 0 Å². The van der Waals surface area contributed by atoms with Gasteiger partial charge >= 0.3 is 18.5 Å². The Morgan fingerprint density at radius 3 is 2.35 bits per heavy atom. The molecule has 0 aliphatic heterocycles. The molecule has 0 bridgehead atoms. The number of aliphatic hydroxyl groups is 2. The molecule has 2 unspecified atom stereocenters. The zero-order valence-electron chi connectivity index (χ0n) is 9.71. The molecule has 0 aliphatic rings. The minimum Gasteiger partial charge on any atom is -0.479 e. The zero-order chi connectivity index (χ0) is 15.5. The quantitative estimate of drug-likeness (QED) is 0.691. The molecule has 9 heteroatoms. The predicted octanol–water partition coefficient (Wildman–Crippen LogP) is 1.40. The molecule has 2 atom stereocenters. The topological polar surface area (TPSA) is 87.0 Å². The molecule has 1 aromatic carbocycles.